The van der Waals surface area contributed by atoms with E-state index >= 15 is 0 Å². The van der Waals surface area contributed by atoms with E-state index in [2.05, 4.69) is 25.7 Å². The van der Waals surface area contributed by atoms with Crippen LogP contribution in [-0.4, -0.2) is 30.1 Å². The van der Waals surface area contributed by atoms with Crippen LogP contribution >= 0.6 is 0 Å². The molecule has 102 valence electrons. The fourth-order valence-corrected chi connectivity index (χ4v) is 3.52. The average Bonchev–Trinajstić information content (AvgIpc) is 2.37. The van der Waals surface area contributed by atoms with Gasteiger partial charge in [-0.15, -0.1) is 0 Å². The molecule has 2 unspecified atom stereocenters. The number of hydrogen-bond donors (Lipinski definition) is 1. The van der Waals surface area contributed by atoms with Crippen molar-refractivity contribution in [3.63, 3.8) is 0 Å². The fraction of sp³-hybridized carbons (Fsp3) is 1.00. The van der Waals surface area contributed by atoms with Gasteiger partial charge in [0.15, 0.2) is 0 Å². The lowest BCUT2D eigenvalue weighted by Crippen LogP contribution is -2.50. The van der Waals surface area contributed by atoms with E-state index in [1.54, 1.807) is 0 Å². The first kappa shape index (κ1) is 15.0. The van der Waals surface area contributed by atoms with Crippen molar-refractivity contribution >= 4 is 0 Å². The van der Waals surface area contributed by atoms with E-state index in [9.17, 15) is 0 Å². The first-order valence-corrected chi connectivity index (χ1v) is 7.70. The lowest BCUT2D eigenvalue weighted by molar-refractivity contribution is 0.0806. The Bertz CT molecular complexity index is 187. The third-order valence-corrected chi connectivity index (χ3v) is 4.48. The zero-order valence-corrected chi connectivity index (χ0v) is 12.1. The molecule has 0 aromatic rings. The summed E-state index contributed by atoms with van der Waals surface area (Å²) in [5.74, 6) is 0.742. The Hall–Kier alpha value is -0.0800. The Morgan fingerprint density at radius 1 is 1.18 bits per heavy atom. The molecule has 1 saturated carbocycles. The number of likely N-dealkylation sites (N-methyl/N-ethyl adjacent to an activating group) is 1. The molecule has 0 saturated heterocycles. The highest BCUT2D eigenvalue weighted by atomic mass is 15.2. The predicted octanol–water partition coefficient (Wildman–Crippen LogP) is 3.40. The van der Waals surface area contributed by atoms with Gasteiger partial charge in [0.1, 0.15) is 0 Å². The van der Waals surface area contributed by atoms with Gasteiger partial charge >= 0.3 is 0 Å². The Kier molecular flexibility index (Phi) is 7.14. The molecule has 1 aliphatic rings. The maximum absolute atomic E-state index is 6.05. The lowest BCUT2D eigenvalue weighted by Gasteiger charge is -2.41. The van der Waals surface area contributed by atoms with Gasteiger partial charge in [0.2, 0.25) is 0 Å². The molecular weight excluding hydrogens is 208 g/mol. The maximum Gasteiger partial charge on any atom is 0.0246 e. The van der Waals surface area contributed by atoms with Gasteiger partial charge in [-0.05, 0) is 31.7 Å². The molecule has 17 heavy (non-hydrogen) atoms. The summed E-state index contributed by atoms with van der Waals surface area (Å²) in [5, 5.41) is 0. The Balaban J connectivity index is 2.60. The normalized spacial score (nSPS) is 21.7. The third kappa shape index (κ3) is 4.26. The molecule has 0 heterocycles. The molecule has 2 nitrogen and oxygen atoms in total. The summed E-state index contributed by atoms with van der Waals surface area (Å²) >= 11 is 0. The van der Waals surface area contributed by atoms with Gasteiger partial charge in [-0.3, -0.25) is 4.90 Å². The van der Waals surface area contributed by atoms with E-state index in [1.165, 1.54) is 51.5 Å². The second-order valence-corrected chi connectivity index (χ2v) is 5.69. The van der Waals surface area contributed by atoms with Crippen molar-refractivity contribution in [2.24, 2.45) is 11.7 Å². The number of nitrogens with zero attached hydrogens (tertiary/aromatic N) is 1. The molecule has 0 spiro atoms. The van der Waals surface area contributed by atoms with Crippen molar-refractivity contribution in [2.45, 2.75) is 77.8 Å². The topological polar surface area (TPSA) is 29.3 Å². The van der Waals surface area contributed by atoms with Crippen molar-refractivity contribution in [3.8, 4) is 0 Å². The van der Waals surface area contributed by atoms with Crippen LogP contribution in [0.25, 0.3) is 0 Å². The van der Waals surface area contributed by atoms with Crippen LogP contribution in [0, 0.1) is 5.92 Å². The van der Waals surface area contributed by atoms with Crippen molar-refractivity contribution in [2.75, 3.05) is 13.1 Å². The standard InChI is InChI=1S/C15H32N2/c1-4-9-13(3)15(12-16)17(5-2)14-10-7-6-8-11-14/h13-15H,4-12,16H2,1-3H3. The van der Waals surface area contributed by atoms with E-state index in [1.807, 2.05) is 0 Å². The highest BCUT2D eigenvalue weighted by Gasteiger charge is 2.28. The van der Waals surface area contributed by atoms with Gasteiger partial charge in [-0.2, -0.15) is 0 Å². The lowest BCUT2D eigenvalue weighted by atomic mass is 9.89. The molecule has 1 aliphatic carbocycles. The van der Waals surface area contributed by atoms with Gasteiger partial charge in [-0.25, -0.2) is 0 Å². The number of hydrogen-bond acceptors (Lipinski definition) is 2. The van der Waals surface area contributed by atoms with Crippen LogP contribution < -0.4 is 5.73 Å². The summed E-state index contributed by atoms with van der Waals surface area (Å²) in [7, 11) is 0. The minimum atomic E-state index is 0.600. The van der Waals surface area contributed by atoms with E-state index < -0.39 is 0 Å². The summed E-state index contributed by atoms with van der Waals surface area (Å²) in [5.41, 5.74) is 6.05. The van der Waals surface area contributed by atoms with E-state index in [0.717, 1.165) is 18.5 Å². The van der Waals surface area contributed by atoms with Crippen LogP contribution in [-0.2, 0) is 0 Å². The second-order valence-electron chi connectivity index (χ2n) is 5.69. The largest absolute Gasteiger partial charge is 0.329 e. The fourth-order valence-electron chi connectivity index (χ4n) is 3.52. The van der Waals surface area contributed by atoms with E-state index in [4.69, 9.17) is 5.73 Å². The minimum Gasteiger partial charge on any atom is -0.329 e. The van der Waals surface area contributed by atoms with E-state index in [0.29, 0.717) is 6.04 Å². The highest BCUT2D eigenvalue weighted by Crippen LogP contribution is 2.27. The zero-order valence-electron chi connectivity index (χ0n) is 12.1. The molecular formula is C15H32N2. The van der Waals surface area contributed by atoms with Crippen molar-refractivity contribution in [1.29, 1.82) is 0 Å². The van der Waals surface area contributed by atoms with Gasteiger partial charge in [0.25, 0.3) is 0 Å². The van der Waals surface area contributed by atoms with Crippen LogP contribution in [0.2, 0.25) is 0 Å². The minimum absolute atomic E-state index is 0.600. The molecule has 0 aromatic heterocycles. The Morgan fingerprint density at radius 2 is 1.82 bits per heavy atom. The number of rotatable bonds is 7. The highest BCUT2D eigenvalue weighted by molar-refractivity contribution is 4.84. The van der Waals surface area contributed by atoms with Crippen LogP contribution in [0.3, 0.4) is 0 Å². The van der Waals surface area contributed by atoms with Gasteiger partial charge in [0, 0.05) is 18.6 Å². The maximum atomic E-state index is 6.05. The molecule has 2 heteroatoms. The zero-order chi connectivity index (χ0) is 12.7. The summed E-state index contributed by atoms with van der Waals surface area (Å²) in [6.07, 6.45) is 9.64. The summed E-state index contributed by atoms with van der Waals surface area (Å²) in [6.45, 7) is 8.95. The van der Waals surface area contributed by atoms with Crippen molar-refractivity contribution < 1.29 is 0 Å². The van der Waals surface area contributed by atoms with Crippen LogP contribution in [0.4, 0.5) is 0 Å². The second kappa shape index (κ2) is 8.10. The molecule has 1 rings (SSSR count). The Morgan fingerprint density at radius 3 is 2.29 bits per heavy atom. The van der Waals surface area contributed by atoms with Gasteiger partial charge in [-0.1, -0.05) is 46.5 Å². The summed E-state index contributed by atoms with van der Waals surface area (Å²) < 4.78 is 0. The van der Waals surface area contributed by atoms with Gasteiger partial charge < -0.3 is 5.73 Å². The Labute approximate surface area is 108 Å². The molecule has 2 atom stereocenters. The monoisotopic (exact) mass is 240 g/mol. The first-order chi connectivity index (χ1) is 8.24. The number of nitrogens with two attached hydrogens (primary N) is 1. The molecule has 0 aliphatic heterocycles. The van der Waals surface area contributed by atoms with Gasteiger partial charge in [0.05, 0.1) is 0 Å². The summed E-state index contributed by atoms with van der Waals surface area (Å²) in [6, 6.07) is 1.41. The molecule has 0 aromatic carbocycles. The van der Waals surface area contributed by atoms with Crippen LogP contribution in [0.5, 0.6) is 0 Å². The van der Waals surface area contributed by atoms with Crippen LogP contribution in [0.15, 0.2) is 0 Å². The average molecular weight is 240 g/mol. The smallest absolute Gasteiger partial charge is 0.0246 e. The molecule has 1 fully saturated rings. The third-order valence-electron chi connectivity index (χ3n) is 4.48. The molecule has 0 bridgehead atoms. The molecule has 0 radical (unpaired) electrons. The predicted molar refractivity (Wildman–Crippen MR) is 76.2 cm³/mol. The quantitative estimate of drug-likeness (QED) is 0.739. The summed E-state index contributed by atoms with van der Waals surface area (Å²) in [4.78, 5) is 2.71. The molecule has 0 amide bonds. The van der Waals surface area contributed by atoms with Crippen molar-refractivity contribution in [1.82, 2.24) is 4.90 Å². The molecule has 2 N–H and O–H groups in total. The SMILES string of the molecule is CCCC(C)C(CN)N(CC)C1CCCCC1. The van der Waals surface area contributed by atoms with E-state index in [-0.39, 0.29) is 0 Å². The first-order valence-electron chi connectivity index (χ1n) is 7.70. The van der Waals surface area contributed by atoms with Crippen molar-refractivity contribution in [3.05, 3.63) is 0 Å². The van der Waals surface area contributed by atoms with Crippen LogP contribution in [0.1, 0.15) is 65.7 Å².